The van der Waals surface area contributed by atoms with Gasteiger partial charge in [0.2, 0.25) is 0 Å². The Hall–Kier alpha value is -2.27. The first-order valence-electron chi connectivity index (χ1n) is 8.97. The lowest BCUT2D eigenvalue weighted by atomic mass is 9.94. The lowest BCUT2D eigenvalue weighted by Crippen LogP contribution is -2.27. The van der Waals surface area contributed by atoms with Crippen LogP contribution in [-0.4, -0.2) is 28.9 Å². The van der Waals surface area contributed by atoms with Crippen LogP contribution in [0.3, 0.4) is 0 Å². The first kappa shape index (κ1) is 17.5. The molecule has 5 heteroatoms. The molecule has 0 saturated carbocycles. The summed E-state index contributed by atoms with van der Waals surface area (Å²) in [6, 6.07) is 7.07. The molecule has 0 radical (unpaired) electrons. The molecular weight excluding hydrogens is 316 g/mol. The van der Waals surface area contributed by atoms with Crippen LogP contribution in [0.1, 0.15) is 31.4 Å². The van der Waals surface area contributed by atoms with Crippen LogP contribution in [0.5, 0.6) is 5.75 Å². The van der Waals surface area contributed by atoms with Crippen LogP contribution in [0.4, 0.5) is 5.82 Å². The summed E-state index contributed by atoms with van der Waals surface area (Å²) in [5.74, 6) is 1.10. The fourth-order valence-corrected chi connectivity index (χ4v) is 3.50. The number of aromatic nitrogens is 1. The Bertz CT molecular complexity index is 826. The molecule has 1 unspecified atom stereocenters. The van der Waals surface area contributed by atoms with Crippen LogP contribution in [0.25, 0.3) is 11.3 Å². The lowest BCUT2D eigenvalue weighted by molar-refractivity contribution is 0.0694. The standard InChI is InChI=1S/C20H26N2O3/c1-4-16(25-5-2)12-21-19-11-18(24)13(3)20-17-7-6-15(23)10-14(17)8-9-22(19)20/h6-7,10-11,16,21,23H,4-5,8-9,12H2,1-3H3. The normalized spacial score (nSPS) is 13.9. The minimum absolute atomic E-state index is 0.0270. The van der Waals surface area contributed by atoms with Crippen molar-refractivity contribution in [2.45, 2.75) is 46.3 Å². The number of nitrogens with zero attached hydrogens (tertiary/aromatic N) is 1. The summed E-state index contributed by atoms with van der Waals surface area (Å²) in [5, 5.41) is 13.2. The molecule has 5 nitrogen and oxygen atoms in total. The number of nitrogens with one attached hydrogen (secondary N) is 1. The van der Waals surface area contributed by atoms with E-state index >= 15 is 0 Å². The number of hydrogen-bond acceptors (Lipinski definition) is 4. The number of pyridine rings is 1. The molecule has 2 heterocycles. The average molecular weight is 342 g/mol. The predicted octanol–water partition coefficient (Wildman–Crippen LogP) is 3.31. The quantitative estimate of drug-likeness (QED) is 0.845. The summed E-state index contributed by atoms with van der Waals surface area (Å²) in [7, 11) is 0. The second kappa shape index (κ2) is 7.31. The van der Waals surface area contributed by atoms with Gasteiger partial charge in [-0.2, -0.15) is 0 Å². The number of aromatic hydroxyl groups is 1. The van der Waals surface area contributed by atoms with Gasteiger partial charge in [0.1, 0.15) is 11.6 Å². The summed E-state index contributed by atoms with van der Waals surface area (Å²) < 4.78 is 7.88. The molecular formula is C20H26N2O3. The van der Waals surface area contributed by atoms with E-state index in [4.69, 9.17) is 4.74 Å². The van der Waals surface area contributed by atoms with Gasteiger partial charge in [-0.15, -0.1) is 0 Å². The highest BCUT2D eigenvalue weighted by atomic mass is 16.5. The topological polar surface area (TPSA) is 63.5 Å². The van der Waals surface area contributed by atoms with Crippen molar-refractivity contribution in [3.8, 4) is 17.0 Å². The lowest BCUT2D eigenvalue weighted by Gasteiger charge is -2.28. The van der Waals surface area contributed by atoms with Gasteiger partial charge in [0.25, 0.3) is 0 Å². The molecule has 0 fully saturated rings. The Labute approximate surface area is 148 Å². The smallest absolute Gasteiger partial charge is 0.187 e. The Morgan fingerprint density at radius 1 is 1.32 bits per heavy atom. The molecule has 0 spiro atoms. The highest BCUT2D eigenvalue weighted by Crippen LogP contribution is 2.34. The maximum absolute atomic E-state index is 12.5. The molecule has 134 valence electrons. The first-order valence-corrected chi connectivity index (χ1v) is 8.97. The summed E-state index contributed by atoms with van der Waals surface area (Å²) in [5.41, 5.74) is 3.83. The largest absolute Gasteiger partial charge is 0.508 e. The molecule has 25 heavy (non-hydrogen) atoms. The molecule has 1 aliphatic rings. The zero-order chi connectivity index (χ0) is 18.0. The first-order chi connectivity index (χ1) is 12.0. The summed E-state index contributed by atoms with van der Waals surface area (Å²) in [6.07, 6.45) is 1.88. The highest BCUT2D eigenvalue weighted by Gasteiger charge is 2.22. The van der Waals surface area contributed by atoms with Crippen LogP contribution < -0.4 is 10.7 Å². The molecule has 1 atom stereocenters. The Kier molecular flexibility index (Phi) is 5.13. The van der Waals surface area contributed by atoms with E-state index in [-0.39, 0.29) is 17.3 Å². The molecule has 0 aliphatic carbocycles. The van der Waals surface area contributed by atoms with Crippen molar-refractivity contribution in [1.82, 2.24) is 4.57 Å². The van der Waals surface area contributed by atoms with E-state index in [0.717, 1.165) is 47.6 Å². The zero-order valence-corrected chi connectivity index (χ0v) is 15.1. The summed E-state index contributed by atoms with van der Waals surface area (Å²) >= 11 is 0. The van der Waals surface area contributed by atoms with Crippen molar-refractivity contribution in [3.63, 3.8) is 0 Å². The van der Waals surface area contributed by atoms with Crippen molar-refractivity contribution >= 4 is 5.82 Å². The number of phenols is 1. The van der Waals surface area contributed by atoms with Crippen LogP contribution in [0.2, 0.25) is 0 Å². The Balaban J connectivity index is 2.01. The van der Waals surface area contributed by atoms with Gasteiger partial charge in [0.05, 0.1) is 11.8 Å². The molecule has 1 aromatic heterocycles. The molecule has 0 bridgehead atoms. The van der Waals surface area contributed by atoms with Gasteiger partial charge in [-0.05, 0) is 50.5 Å². The van der Waals surface area contributed by atoms with Crippen molar-refractivity contribution < 1.29 is 9.84 Å². The average Bonchev–Trinajstić information content (AvgIpc) is 2.61. The van der Waals surface area contributed by atoms with Crippen molar-refractivity contribution in [3.05, 3.63) is 45.6 Å². The molecule has 2 aromatic rings. The van der Waals surface area contributed by atoms with E-state index < -0.39 is 0 Å². The van der Waals surface area contributed by atoms with Crippen LogP contribution in [-0.2, 0) is 17.7 Å². The van der Waals surface area contributed by atoms with E-state index in [1.165, 1.54) is 0 Å². The third-order valence-electron chi connectivity index (χ3n) is 4.87. The fraction of sp³-hybridized carbons (Fsp3) is 0.450. The molecule has 2 N–H and O–H groups in total. The van der Waals surface area contributed by atoms with E-state index in [1.807, 2.05) is 19.9 Å². The maximum atomic E-state index is 12.5. The monoisotopic (exact) mass is 342 g/mol. The number of rotatable bonds is 6. The number of anilines is 1. The second-order valence-electron chi connectivity index (χ2n) is 6.48. The molecule has 0 amide bonds. The zero-order valence-electron chi connectivity index (χ0n) is 15.1. The van der Waals surface area contributed by atoms with Crippen molar-refractivity contribution in [2.75, 3.05) is 18.5 Å². The number of fused-ring (bicyclic) bond motifs is 3. The van der Waals surface area contributed by atoms with Crippen LogP contribution >= 0.6 is 0 Å². The van der Waals surface area contributed by atoms with Crippen molar-refractivity contribution in [1.29, 1.82) is 0 Å². The number of phenolic OH excluding ortho intramolecular Hbond substituents is 1. The van der Waals surface area contributed by atoms with Gasteiger partial charge in [-0.1, -0.05) is 6.92 Å². The van der Waals surface area contributed by atoms with Crippen molar-refractivity contribution in [2.24, 2.45) is 0 Å². The minimum atomic E-state index is 0.0270. The van der Waals surface area contributed by atoms with Gasteiger partial charge in [0, 0.05) is 36.9 Å². The van der Waals surface area contributed by atoms with E-state index in [0.29, 0.717) is 13.2 Å². The molecule has 3 rings (SSSR count). The number of benzene rings is 1. The Morgan fingerprint density at radius 3 is 2.84 bits per heavy atom. The van der Waals surface area contributed by atoms with E-state index in [9.17, 15) is 9.90 Å². The summed E-state index contributed by atoms with van der Waals surface area (Å²) in [4.78, 5) is 12.5. The SMILES string of the molecule is CCOC(CC)CNc1cc(=O)c(C)c2n1CCc1cc(O)ccc1-2. The number of aryl methyl sites for hydroxylation is 1. The second-order valence-corrected chi connectivity index (χ2v) is 6.48. The van der Waals surface area contributed by atoms with Gasteiger partial charge < -0.3 is 19.7 Å². The predicted molar refractivity (Wildman–Crippen MR) is 100 cm³/mol. The maximum Gasteiger partial charge on any atom is 0.187 e. The van der Waals surface area contributed by atoms with Gasteiger partial charge >= 0.3 is 0 Å². The number of ether oxygens (including phenoxy) is 1. The third-order valence-corrected chi connectivity index (χ3v) is 4.87. The molecule has 1 aliphatic heterocycles. The van der Waals surface area contributed by atoms with Crippen LogP contribution in [0.15, 0.2) is 29.1 Å². The minimum Gasteiger partial charge on any atom is -0.508 e. The molecule has 1 aromatic carbocycles. The van der Waals surface area contributed by atoms with Crippen LogP contribution in [0, 0.1) is 6.92 Å². The number of hydrogen-bond donors (Lipinski definition) is 2. The molecule has 0 saturated heterocycles. The Morgan fingerprint density at radius 2 is 2.12 bits per heavy atom. The highest BCUT2D eigenvalue weighted by molar-refractivity contribution is 5.72. The van der Waals surface area contributed by atoms with Gasteiger partial charge in [-0.3, -0.25) is 4.79 Å². The third kappa shape index (κ3) is 3.42. The summed E-state index contributed by atoms with van der Waals surface area (Å²) in [6.45, 7) is 8.10. The van der Waals surface area contributed by atoms with E-state index in [2.05, 4.69) is 16.8 Å². The van der Waals surface area contributed by atoms with Gasteiger partial charge in [0.15, 0.2) is 5.43 Å². The van der Waals surface area contributed by atoms with Gasteiger partial charge in [-0.25, -0.2) is 0 Å². The van der Waals surface area contributed by atoms with E-state index in [1.54, 1.807) is 18.2 Å². The fourth-order valence-electron chi connectivity index (χ4n) is 3.50.